The number of aryl methyl sites for hydroxylation is 1. The van der Waals surface area contributed by atoms with Gasteiger partial charge in [-0.25, -0.2) is 4.98 Å². The Kier molecular flexibility index (Phi) is 8.42. The molecule has 1 aliphatic heterocycles. The fourth-order valence-electron chi connectivity index (χ4n) is 3.36. The molecule has 1 saturated heterocycles. The highest BCUT2D eigenvalue weighted by Gasteiger charge is 2.42. The van der Waals surface area contributed by atoms with E-state index in [9.17, 15) is 0 Å². The summed E-state index contributed by atoms with van der Waals surface area (Å²) in [5.74, 6) is 0.128. The van der Waals surface area contributed by atoms with Crippen molar-refractivity contribution in [2.45, 2.75) is 31.3 Å². The lowest BCUT2D eigenvalue weighted by molar-refractivity contribution is -0.184. The number of imidazole rings is 1. The van der Waals surface area contributed by atoms with Gasteiger partial charge in [-0.2, -0.15) is 0 Å². The maximum atomic E-state index is 6.39. The van der Waals surface area contributed by atoms with Crippen LogP contribution >= 0.6 is 46.6 Å². The van der Waals surface area contributed by atoms with Crippen LogP contribution < -0.4 is 4.74 Å². The van der Waals surface area contributed by atoms with Gasteiger partial charge in [0.2, 0.25) is 0 Å². The molecule has 0 radical (unpaired) electrons. The van der Waals surface area contributed by atoms with Crippen molar-refractivity contribution in [3.05, 3.63) is 81.4 Å². The highest BCUT2D eigenvalue weighted by molar-refractivity contribution is 14.1. The molecule has 2 aromatic carbocycles. The highest BCUT2D eigenvalue weighted by Crippen LogP contribution is 2.31. The van der Waals surface area contributed by atoms with E-state index in [0.29, 0.717) is 19.8 Å². The van der Waals surface area contributed by atoms with Crippen LogP contribution in [0, 0.1) is 3.57 Å². The van der Waals surface area contributed by atoms with Gasteiger partial charge in [-0.3, -0.25) is 0 Å². The summed E-state index contributed by atoms with van der Waals surface area (Å²) in [6.45, 7) is 1.54. The van der Waals surface area contributed by atoms with Crippen molar-refractivity contribution in [2.24, 2.45) is 0 Å². The van der Waals surface area contributed by atoms with Crippen molar-refractivity contribution in [3.63, 3.8) is 0 Å². The SMILES string of the molecule is Cl.Clc1ccc(CC[C@@]2(Cn3ccnc3)OC[C@@H](COc3ccc(I)cc3)O2)cc1. The molecule has 0 bridgehead atoms. The Bertz CT molecular complexity index is 907. The summed E-state index contributed by atoms with van der Waals surface area (Å²) in [4.78, 5) is 4.14. The molecular weight excluding hydrogens is 538 g/mol. The fourth-order valence-corrected chi connectivity index (χ4v) is 3.84. The molecule has 0 aliphatic carbocycles. The summed E-state index contributed by atoms with van der Waals surface area (Å²) in [5.41, 5.74) is 1.20. The van der Waals surface area contributed by atoms with Gasteiger partial charge in [0.1, 0.15) is 18.5 Å². The normalized spacial score (nSPS) is 20.7. The molecule has 2 heterocycles. The predicted octanol–water partition coefficient (Wildman–Crippen LogP) is 5.39. The Morgan fingerprint density at radius 1 is 1.17 bits per heavy atom. The molecular formula is C22H23Cl2IN2O3. The number of rotatable bonds is 8. The molecule has 2 atom stereocenters. The summed E-state index contributed by atoms with van der Waals surface area (Å²) in [6.07, 6.45) is 6.91. The predicted molar refractivity (Wildman–Crippen MR) is 127 cm³/mol. The van der Waals surface area contributed by atoms with Crippen molar-refractivity contribution in [2.75, 3.05) is 13.2 Å². The molecule has 4 rings (SSSR count). The molecule has 30 heavy (non-hydrogen) atoms. The number of benzene rings is 2. The van der Waals surface area contributed by atoms with Crippen molar-refractivity contribution in [3.8, 4) is 5.75 Å². The summed E-state index contributed by atoms with van der Waals surface area (Å²) < 4.78 is 21.7. The van der Waals surface area contributed by atoms with Gasteiger partial charge in [0.15, 0.2) is 5.79 Å². The zero-order valence-electron chi connectivity index (χ0n) is 16.2. The fraction of sp³-hybridized carbons (Fsp3) is 0.318. The molecule has 160 valence electrons. The Morgan fingerprint density at radius 3 is 2.63 bits per heavy atom. The van der Waals surface area contributed by atoms with Crippen molar-refractivity contribution in [1.82, 2.24) is 9.55 Å². The maximum Gasteiger partial charge on any atom is 0.187 e. The smallest absolute Gasteiger partial charge is 0.187 e. The average Bonchev–Trinajstić information content (AvgIpc) is 3.38. The van der Waals surface area contributed by atoms with E-state index in [1.807, 2.05) is 59.3 Å². The number of hydrogen-bond acceptors (Lipinski definition) is 4. The van der Waals surface area contributed by atoms with E-state index in [4.69, 9.17) is 25.8 Å². The minimum atomic E-state index is -0.708. The second-order valence-electron chi connectivity index (χ2n) is 7.09. The van der Waals surface area contributed by atoms with Crippen molar-refractivity contribution >= 4 is 46.6 Å². The van der Waals surface area contributed by atoms with E-state index >= 15 is 0 Å². The third-order valence-corrected chi connectivity index (χ3v) is 5.82. The topological polar surface area (TPSA) is 45.5 Å². The second kappa shape index (κ2) is 10.8. The van der Waals surface area contributed by atoms with E-state index in [0.717, 1.165) is 23.6 Å². The highest BCUT2D eigenvalue weighted by atomic mass is 127. The second-order valence-corrected chi connectivity index (χ2v) is 8.77. The molecule has 0 N–H and O–H groups in total. The number of ether oxygens (including phenoxy) is 3. The Labute approximate surface area is 201 Å². The Balaban J connectivity index is 0.00000256. The monoisotopic (exact) mass is 560 g/mol. The van der Waals surface area contributed by atoms with E-state index in [1.54, 1.807) is 12.5 Å². The van der Waals surface area contributed by atoms with Crippen LogP contribution in [0.5, 0.6) is 5.75 Å². The van der Waals surface area contributed by atoms with Crippen LogP contribution in [0.3, 0.4) is 0 Å². The van der Waals surface area contributed by atoms with Gasteiger partial charge in [-0.05, 0) is 71.0 Å². The molecule has 1 aliphatic rings. The minimum Gasteiger partial charge on any atom is -0.491 e. The largest absolute Gasteiger partial charge is 0.491 e. The van der Waals surface area contributed by atoms with Crippen LogP contribution in [0.15, 0.2) is 67.3 Å². The zero-order valence-corrected chi connectivity index (χ0v) is 20.0. The van der Waals surface area contributed by atoms with Gasteiger partial charge in [-0.15, -0.1) is 12.4 Å². The number of nitrogens with zero attached hydrogens (tertiary/aromatic N) is 2. The van der Waals surface area contributed by atoms with E-state index in [1.165, 1.54) is 9.13 Å². The van der Waals surface area contributed by atoms with Gasteiger partial charge >= 0.3 is 0 Å². The standard InChI is InChI=1S/C22H22ClIN2O3.ClH/c23-18-3-1-17(2-4-18)9-10-22(15-26-12-11-25-16-26)28-14-21(29-22)13-27-20-7-5-19(24)6-8-20;/h1-8,11-12,16,21H,9-10,13-15H2;1H/t21-,22-;/m1./s1. The van der Waals surface area contributed by atoms with Gasteiger partial charge < -0.3 is 18.8 Å². The summed E-state index contributed by atoms with van der Waals surface area (Å²) in [6, 6.07) is 15.9. The van der Waals surface area contributed by atoms with E-state index < -0.39 is 5.79 Å². The van der Waals surface area contributed by atoms with Gasteiger partial charge in [-0.1, -0.05) is 23.7 Å². The van der Waals surface area contributed by atoms with E-state index in [-0.39, 0.29) is 18.5 Å². The van der Waals surface area contributed by atoms with Crippen molar-refractivity contribution < 1.29 is 14.2 Å². The molecule has 0 unspecified atom stereocenters. The summed E-state index contributed by atoms with van der Waals surface area (Å²) >= 11 is 8.28. The van der Waals surface area contributed by atoms with Crippen LogP contribution in [0.2, 0.25) is 5.02 Å². The van der Waals surface area contributed by atoms with Crippen LogP contribution in [-0.4, -0.2) is 34.7 Å². The molecule has 1 fully saturated rings. The third-order valence-electron chi connectivity index (χ3n) is 4.85. The summed E-state index contributed by atoms with van der Waals surface area (Å²) in [5, 5.41) is 0.739. The first-order valence-corrected chi connectivity index (χ1v) is 11.0. The van der Waals surface area contributed by atoms with Gasteiger partial charge in [0.05, 0.1) is 19.5 Å². The van der Waals surface area contributed by atoms with Crippen LogP contribution in [0.25, 0.3) is 0 Å². The Hall–Kier alpha value is -1.32. The van der Waals surface area contributed by atoms with E-state index in [2.05, 4.69) is 27.6 Å². The maximum absolute atomic E-state index is 6.39. The molecule has 5 nitrogen and oxygen atoms in total. The van der Waals surface area contributed by atoms with Gasteiger partial charge in [0, 0.05) is 27.4 Å². The quantitative estimate of drug-likeness (QED) is 0.347. The van der Waals surface area contributed by atoms with Crippen LogP contribution in [-0.2, 0) is 22.4 Å². The number of halogens is 3. The molecule has 1 aromatic heterocycles. The summed E-state index contributed by atoms with van der Waals surface area (Å²) in [7, 11) is 0. The molecule has 3 aromatic rings. The van der Waals surface area contributed by atoms with Crippen LogP contribution in [0.4, 0.5) is 0 Å². The number of hydrogen-bond donors (Lipinski definition) is 0. The first-order chi connectivity index (χ1) is 14.1. The lowest BCUT2D eigenvalue weighted by Crippen LogP contribution is -2.37. The lowest BCUT2D eigenvalue weighted by Gasteiger charge is -2.28. The minimum absolute atomic E-state index is 0. The average molecular weight is 561 g/mol. The Morgan fingerprint density at radius 2 is 1.93 bits per heavy atom. The number of aromatic nitrogens is 2. The van der Waals surface area contributed by atoms with Crippen LogP contribution in [0.1, 0.15) is 12.0 Å². The first kappa shape index (κ1) is 23.3. The molecule has 0 saturated carbocycles. The third kappa shape index (κ3) is 6.34. The lowest BCUT2D eigenvalue weighted by atomic mass is 10.0. The molecule has 8 heteroatoms. The molecule has 0 spiro atoms. The van der Waals surface area contributed by atoms with Gasteiger partial charge in [0.25, 0.3) is 0 Å². The first-order valence-electron chi connectivity index (χ1n) is 9.51. The van der Waals surface area contributed by atoms with Crippen molar-refractivity contribution in [1.29, 1.82) is 0 Å². The molecule has 0 amide bonds. The zero-order chi connectivity index (χ0) is 20.1.